The summed E-state index contributed by atoms with van der Waals surface area (Å²) in [5.74, 6) is -0.130. The van der Waals surface area contributed by atoms with Crippen molar-refractivity contribution in [2.75, 3.05) is 0 Å². The van der Waals surface area contributed by atoms with Gasteiger partial charge in [-0.3, -0.25) is 9.59 Å². The summed E-state index contributed by atoms with van der Waals surface area (Å²) in [6, 6.07) is 17.6. The van der Waals surface area contributed by atoms with Crippen molar-refractivity contribution in [1.29, 1.82) is 0 Å². The van der Waals surface area contributed by atoms with Crippen LogP contribution in [0.3, 0.4) is 0 Å². The van der Waals surface area contributed by atoms with Crippen molar-refractivity contribution in [3.63, 3.8) is 0 Å². The van der Waals surface area contributed by atoms with Gasteiger partial charge in [0.1, 0.15) is 5.58 Å². The van der Waals surface area contributed by atoms with Crippen LogP contribution in [0.15, 0.2) is 69.9 Å². The van der Waals surface area contributed by atoms with E-state index in [2.05, 4.69) is 0 Å². The zero-order chi connectivity index (χ0) is 15.5. The summed E-state index contributed by atoms with van der Waals surface area (Å²) in [4.78, 5) is 23.6. The Morgan fingerprint density at radius 2 is 1.73 bits per heavy atom. The number of para-hydroxylation sites is 1. The van der Waals surface area contributed by atoms with Crippen LogP contribution < -0.4 is 5.43 Å². The van der Waals surface area contributed by atoms with E-state index in [0.29, 0.717) is 16.7 Å². The highest BCUT2D eigenvalue weighted by molar-refractivity contribution is 5.76. The Morgan fingerprint density at radius 1 is 1.05 bits per heavy atom. The molecule has 0 spiro atoms. The first-order chi connectivity index (χ1) is 10.6. The van der Waals surface area contributed by atoms with Gasteiger partial charge in [0.2, 0.25) is 0 Å². The quantitative estimate of drug-likeness (QED) is 0.694. The lowest BCUT2D eigenvalue weighted by atomic mass is 10.1. The number of hydrogen-bond acceptors (Lipinski definition) is 4. The molecule has 0 bridgehead atoms. The molecule has 0 saturated heterocycles. The fourth-order valence-corrected chi connectivity index (χ4v) is 2.34. The van der Waals surface area contributed by atoms with Gasteiger partial charge in [-0.05, 0) is 12.1 Å². The van der Waals surface area contributed by atoms with Crippen LogP contribution in [-0.4, -0.2) is 5.97 Å². The lowest BCUT2D eigenvalue weighted by Crippen LogP contribution is -2.13. The first-order valence-electron chi connectivity index (χ1n) is 6.90. The SMILES string of the molecule is CC(=O)OC(c1ccccc1)c1cc(=O)c2ccccc2o1. The molecule has 2 aromatic carbocycles. The fraction of sp³-hybridized carbons (Fsp3) is 0.111. The molecule has 3 rings (SSSR count). The molecule has 0 fully saturated rings. The summed E-state index contributed by atoms with van der Waals surface area (Å²) in [5.41, 5.74) is 1.05. The molecule has 1 heterocycles. The van der Waals surface area contributed by atoms with E-state index < -0.39 is 12.1 Å². The van der Waals surface area contributed by atoms with Crippen molar-refractivity contribution in [2.45, 2.75) is 13.0 Å². The second-order valence-corrected chi connectivity index (χ2v) is 4.91. The van der Waals surface area contributed by atoms with Gasteiger partial charge in [-0.15, -0.1) is 0 Å². The predicted molar refractivity (Wildman–Crippen MR) is 82.5 cm³/mol. The topological polar surface area (TPSA) is 56.5 Å². The van der Waals surface area contributed by atoms with E-state index in [1.54, 1.807) is 24.3 Å². The largest absolute Gasteiger partial charge is 0.456 e. The van der Waals surface area contributed by atoms with Crippen molar-refractivity contribution in [2.24, 2.45) is 0 Å². The fourth-order valence-electron chi connectivity index (χ4n) is 2.34. The van der Waals surface area contributed by atoms with Gasteiger partial charge < -0.3 is 9.15 Å². The van der Waals surface area contributed by atoms with E-state index in [1.165, 1.54) is 13.0 Å². The van der Waals surface area contributed by atoms with Crippen LogP contribution in [0.5, 0.6) is 0 Å². The average molecular weight is 294 g/mol. The van der Waals surface area contributed by atoms with Crippen molar-refractivity contribution >= 4 is 16.9 Å². The molecule has 0 N–H and O–H groups in total. The first-order valence-corrected chi connectivity index (χ1v) is 6.90. The van der Waals surface area contributed by atoms with E-state index in [-0.39, 0.29) is 5.43 Å². The van der Waals surface area contributed by atoms with Crippen LogP contribution in [0, 0.1) is 0 Å². The molecular weight excluding hydrogens is 280 g/mol. The molecule has 0 aliphatic heterocycles. The van der Waals surface area contributed by atoms with Gasteiger partial charge >= 0.3 is 5.97 Å². The Labute approximate surface area is 127 Å². The third-order valence-electron chi connectivity index (χ3n) is 3.30. The summed E-state index contributed by atoms with van der Waals surface area (Å²) in [6.45, 7) is 1.33. The molecule has 0 amide bonds. The first kappa shape index (κ1) is 14.1. The summed E-state index contributed by atoms with van der Waals surface area (Å²) in [7, 11) is 0. The minimum absolute atomic E-state index is 0.162. The lowest BCUT2D eigenvalue weighted by Gasteiger charge is -2.16. The van der Waals surface area contributed by atoms with Crippen molar-refractivity contribution in [3.8, 4) is 0 Å². The number of fused-ring (bicyclic) bond motifs is 1. The number of carbonyl (C=O) groups excluding carboxylic acids is 1. The Hall–Kier alpha value is -2.88. The van der Waals surface area contributed by atoms with Crippen molar-refractivity contribution < 1.29 is 13.9 Å². The van der Waals surface area contributed by atoms with Crippen molar-refractivity contribution in [1.82, 2.24) is 0 Å². The molecule has 22 heavy (non-hydrogen) atoms. The molecule has 1 unspecified atom stereocenters. The number of hydrogen-bond donors (Lipinski definition) is 0. The standard InChI is InChI=1S/C18H14O4/c1-12(19)21-18(13-7-3-2-4-8-13)17-11-15(20)14-9-5-6-10-16(14)22-17/h2-11,18H,1H3. The molecule has 4 heteroatoms. The lowest BCUT2D eigenvalue weighted by molar-refractivity contribution is -0.145. The van der Waals surface area contributed by atoms with Crippen LogP contribution >= 0.6 is 0 Å². The molecule has 0 aliphatic rings. The number of esters is 1. The highest BCUT2D eigenvalue weighted by Crippen LogP contribution is 2.27. The summed E-state index contributed by atoms with van der Waals surface area (Å²) in [5, 5.41) is 0.501. The smallest absolute Gasteiger partial charge is 0.303 e. The van der Waals surface area contributed by atoms with Crippen LogP contribution in [-0.2, 0) is 9.53 Å². The summed E-state index contributed by atoms with van der Waals surface area (Å²) < 4.78 is 11.1. The number of rotatable bonds is 3. The molecule has 0 saturated carbocycles. The molecular formula is C18H14O4. The molecule has 0 aliphatic carbocycles. The maximum absolute atomic E-state index is 12.2. The van der Waals surface area contributed by atoms with E-state index >= 15 is 0 Å². The molecule has 0 radical (unpaired) electrons. The predicted octanol–water partition coefficient (Wildman–Crippen LogP) is 3.45. The third-order valence-corrected chi connectivity index (χ3v) is 3.30. The highest BCUT2D eigenvalue weighted by Gasteiger charge is 2.21. The second kappa shape index (κ2) is 5.85. The Balaban J connectivity index is 2.16. The van der Waals surface area contributed by atoms with Crippen molar-refractivity contribution in [3.05, 3.63) is 82.2 Å². The normalized spacial score (nSPS) is 12.0. The Kier molecular flexibility index (Phi) is 3.74. The Morgan fingerprint density at radius 3 is 2.45 bits per heavy atom. The van der Waals surface area contributed by atoms with Gasteiger partial charge in [-0.2, -0.15) is 0 Å². The summed E-state index contributed by atoms with van der Waals surface area (Å²) >= 11 is 0. The van der Waals surface area contributed by atoms with Gasteiger partial charge in [0, 0.05) is 18.6 Å². The molecule has 1 atom stereocenters. The van der Waals surface area contributed by atoms with Crippen LogP contribution in [0.2, 0.25) is 0 Å². The van der Waals surface area contributed by atoms with Crippen LogP contribution in [0.25, 0.3) is 11.0 Å². The zero-order valence-electron chi connectivity index (χ0n) is 12.0. The summed E-state index contributed by atoms with van der Waals surface area (Å²) in [6.07, 6.45) is -0.740. The van der Waals surface area contributed by atoms with Gasteiger partial charge in [0.15, 0.2) is 17.3 Å². The second-order valence-electron chi connectivity index (χ2n) is 4.91. The number of ether oxygens (including phenoxy) is 1. The van der Waals surface area contributed by atoms with E-state index in [4.69, 9.17) is 9.15 Å². The maximum Gasteiger partial charge on any atom is 0.303 e. The maximum atomic E-state index is 12.2. The number of benzene rings is 2. The van der Waals surface area contributed by atoms with E-state index in [0.717, 1.165) is 5.56 Å². The minimum Gasteiger partial charge on any atom is -0.456 e. The minimum atomic E-state index is -0.740. The third kappa shape index (κ3) is 2.76. The molecule has 3 aromatic rings. The highest BCUT2D eigenvalue weighted by atomic mass is 16.5. The zero-order valence-corrected chi connectivity index (χ0v) is 12.0. The molecule has 1 aromatic heterocycles. The number of carbonyl (C=O) groups is 1. The monoisotopic (exact) mass is 294 g/mol. The van der Waals surface area contributed by atoms with Crippen LogP contribution in [0.4, 0.5) is 0 Å². The average Bonchev–Trinajstić information content (AvgIpc) is 2.53. The van der Waals surface area contributed by atoms with Gasteiger partial charge in [0.25, 0.3) is 0 Å². The van der Waals surface area contributed by atoms with Gasteiger partial charge in [-0.25, -0.2) is 0 Å². The molecule has 110 valence electrons. The molecule has 4 nitrogen and oxygen atoms in total. The van der Waals surface area contributed by atoms with Crippen LogP contribution in [0.1, 0.15) is 24.4 Å². The van der Waals surface area contributed by atoms with E-state index in [9.17, 15) is 9.59 Å². The van der Waals surface area contributed by atoms with Gasteiger partial charge in [-0.1, -0.05) is 42.5 Å². The van der Waals surface area contributed by atoms with Gasteiger partial charge in [0.05, 0.1) is 5.39 Å². The Bertz CT molecular complexity index is 865. The van der Waals surface area contributed by atoms with E-state index in [1.807, 2.05) is 30.3 Å².